The van der Waals surface area contributed by atoms with Crippen LogP contribution in [0.1, 0.15) is 12.5 Å². The van der Waals surface area contributed by atoms with E-state index in [0.29, 0.717) is 23.3 Å². The highest BCUT2D eigenvalue weighted by molar-refractivity contribution is 5.79. The fourth-order valence-corrected chi connectivity index (χ4v) is 2.34. The van der Waals surface area contributed by atoms with E-state index in [4.69, 9.17) is 4.74 Å². The van der Waals surface area contributed by atoms with Gasteiger partial charge in [-0.2, -0.15) is 0 Å². The van der Waals surface area contributed by atoms with E-state index in [2.05, 4.69) is 9.97 Å². The predicted molar refractivity (Wildman–Crippen MR) is 83.7 cm³/mol. The normalized spacial score (nSPS) is 10.8. The Morgan fingerprint density at radius 2 is 2.00 bits per heavy atom. The van der Waals surface area contributed by atoms with Gasteiger partial charge in [-0.25, -0.2) is 4.98 Å². The van der Waals surface area contributed by atoms with Crippen LogP contribution < -0.4 is 10.3 Å². The van der Waals surface area contributed by atoms with Crippen LogP contribution in [0.25, 0.3) is 22.3 Å². The Kier molecular flexibility index (Phi) is 3.44. The van der Waals surface area contributed by atoms with Crippen LogP contribution in [-0.2, 0) is 0 Å². The van der Waals surface area contributed by atoms with Crippen molar-refractivity contribution in [1.82, 2.24) is 9.97 Å². The number of ether oxygens (including phenoxy) is 1. The van der Waals surface area contributed by atoms with E-state index in [9.17, 15) is 4.79 Å². The lowest BCUT2D eigenvalue weighted by molar-refractivity contribution is 0.338. The smallest absolute Gasteiger partial charge is 0.259 e. The Morgan fingerprint density at radius 1 is 1.19 bits per heavy atom. The number of hydrogen-bond acceptors (Lipinski definition) is 3. The molecule has 0 saturated carbocycles. The van der Waals surface area contributed by atoms with E-state index in [1.54, 1.807) is 6.07 Å². The summed E-state index contributed by atoms with van der Waals surface area (Å²) in [6, 6.07) is 13.1. The van der Waals surface area contributed by atoms with Gasteiger partial charge in [-0.1, -0.05) is 12.1 Å². The van der Waals surface area contributed by atoms with Crippen molar-refractivity contribution in [3.05, 3.63) is 58.4 Å². The molecule has 0 amide bonds. The maximum Gasteiger partial charge on any atom is 0.259 e. The minimum atomic E-state index is -0.123. The summed E-state index contributed by atoms with van der Waals surface area (Å²) in [4.78, 5) is 19.5. The van der Waals surface area contributed by atoms with Crippen molar-refractivity contribution in [3.63, 3.8) is 0 Å². The number of nitrogens with one attached hydrogen (secondary N) is 1. The summed E-state index contributed by atoms with van der Waals surface area (Å²) in [7, 11) is 0. The van der Waals surface area contributed by atoms with Crippen LogP contribution in [0.5, 0.6) is 5.75 Å². The molecule has 0 unspecified atom stereocenters. The summed E-state index contributed by atoms with van der Waals surface area (Å²) >= 11 is 0. The molecule has 0 saturated heterocycles. The summed E-state index contributed by atoms with van der Waals surface area (Å²) < 4.78 is 5.53. The molecule has 1 heterocycles. The number of aromatic nitrogens is 2. The van der Waals surface area contributed by atoms with E-state index >= 15 is 0 Å². The summed E-state index contributed by atoms with van der Waals surface area (Å²) in [5, 5.41) is 0.601. The van der Waals surface area contributed by atoms with E-state index in [1.807, 2.05) is 50.2 Å². The zero-order valence-corrected chi connectivity index (χ0v) is 12.0. The van der Waals surface area contributed by atoms with Crippen LogP contribution in [0.4, 0.5) is 0 Å². The molecule has 0 bridgehead atoms. The van der Waals surface area contributed by atoms with Gasteiger partial charge >= 0.3 is 0 Å². The molecular weight excluding hydrogens is 264 g/mol. The number of benzene rings is 2. The Morgan fingerprint density at radius 3 is 2.76 bits per heavy atom. The second kappa shape index (κ2) is 5.40. The van der Waals surface area contributed by atoms with Crippen LogP contribution in [0.15, 0.2) is 47.3 Å². The molecule has 0 atom stereocenters. The van der Waals surface area contributed by atoms with Gasteiger partial charge in [0.25, 0.3) is 5.56 Å². The summed E-state index contributed by atoms with van der Waals surface area (Å²) in [6.45, 7) is 4.56. The van der Waals surface area contributed by atoms with Crippen molar-refractivity contribution < 1.29 is 4.74 Å². The highest BCUT2D eigenvalue weighted by Gasteiger charge is 2.07. The van der Waals surface area contributed by atoms with Crippen LogP contribution in [0.3, 0.4) is 0 Å². The van der Waals surface area contributed by atoms with Gasteiger partial charge in [0.1, 0.15) is 11.6 Å². The van der Waals surface area contributed by atoms with Crippen molar-refractivity contribution in [2.45, 2.75) is 13.8 Å². The predicted octanol–water partition coefficient (Wildman–Crippen LogP) is 3.30. The minimum Gasteiger partial charge on any atom is -0.494 e. The number of rotatable bonds is 3. The van der Waals surface area contributed by atoms with Crippen LogP contribution >= 0.6 is 0 Å². The highest BCUT2D eigenvalue weighted by atomic mass is 16.5. The molecule has 1 N–H and O–H groups in total. The molecule has 3 rings (SSSR count). The fourth-order valence-electron chi connectivity index (χ4n) is 2.34. The Hall–Kier alpha value is -2.62. The number of aryl methyl sites for hydroxylation is 1. The molecule has 0 fully saturated rings. The number of nitrogens with zero attached hydrogens (tertiary/aromatic N) is 1. The monoisotopic (exact) mass is 280 g/mol. The van der Waals surface area contributed by atoms with E-state index in [0.717, 1.165) is 16.9 Å². The fraction of sp³-hybridized carbons (Fsp3) is 0.176. The molecule has 21 heavy (non-hydrogen) atoms. The van der Waals surface area contributed by atoms with Crippen molar-refractivity contribution in [1.29, 1.82) is 0 Å². The zero-order valence-electron chi connectivity index (χ0n) is 12.0. The molecule has 1 aromatic heterocycles. The molecule has 4 heteroatoms. The summed E-state index contributed by atoms with van der Waals surface area (Å²) in [6.07, 6.45) is 0. The van der Waals surface area contributed by atoms with Gasteiger partial charge in [0.05, 0.1) is 17.5 Å². The number of aromatic amines is 1. The molecule has 0 aliphatic heterocycles. The molecule has 3 aromatic rings. The van der Waals surface area contributed by atoms with Crippen LogP contribution in [-0.4, -0.2) is 16.6 Å². The third-order valence-electron chi connectivity index (χ3n) is 3.36. The van der Waals surface area contributed by atoms with Gasteiger partial charge in [-0.05, 0) is 49.7 Å². The van der Waals surface area contributed by atoms with E-state index in [1.165, 1.54) is 0 Å². The quantitative estimate of drug-likeness (QED) is 0.801. The van der Waals surface area contributed by atoms with Crippen LogP contribution in [0, 0.1) is 6.92 Å². The molecule has 2 aromatic carbocycles. The van der Waals surface area contributed by atoms with E-state index < -0.39 is 0 Å². The SMILES string of the molecule is CCOc1ccc(-c2nc3ccccc3c(=O)[nH]2)cc1C. The maximum atomic E-state index is 12.1. The highest BCUT2D eigenvalue weighted by Crippen LogP contribution is 2.24. The lowest BCUT2D eigenvalue weighted by Gasteiger charge is -2.09. The van der Waals surface area contributed by atoms with Crippen molar-refractivity contribution in [2.75, 3.05) is 6.61 Å². The third kappa shape index (κ3) is 2.52. The standard InChI is InChI=1S/C17H16N2O2/c1-3-21-15-9-8-12(10-11(15)2)16-18-14-7-5-4-6-13(14)17(20)19-16/h4-10H,3H2,1-2H3,(H,18,19,20). The maximum absolute atomic E-state index is 12.1. The van der Waals surface area contributed by atoms with Crippen molar-refractivity contribution >= 4 is 10.9 Å². The molecule has 0 aliphatic carbocycles. The average Bonchev–Trinajstić information content (AvgIpc) is 2.49. The van der Waals surface area contributed by atoms with Gasteiger partial charge in [0, 0.05) is 5.56 Å². The Bertz CT molecular complexity index is 853. The van der Waals surface area contributed by atoms with Gasteiger partial charge in [-0.15, -0.1) is 0 Å². The number of para-hydroxylation sites is 1. The largest absolute Gasteiger partial charge is 0.494 e. The Balaban J connectivity index is 2.12. The van der Waals surface area contributed by atoms with Gasteiger partial charge in [0.2, 0.25) is 0 Å². The van der Waals surface area contributed by atoms with Gasteiger partial charge < -0.3 is 9.72 Å². The molecule has 0 spiro atoms. The van der Waals surface area contributed by atoms with Crippen molar-refractivity contribution in [2.24, 2.45) is 0 Å². The summed E-state index contributed by atoms with van der Waals surface area (Å²) in [5.41, 5.74) is 2.47. The number of H-pyrrole nitrogens is 1. The first kappa shape index (κ1) is 13.4. The van der Waals surface area contributed by atoms with Crippen molar-refractivity contribution in [3.8, 4) is 17.1 Å². The molecular formula is C17H16N2O2. The summed E-state index contributed by atoms with van der Waals surface area (Å²) in [5.74, 6) is 1.43. The first-order valence-electron chi connectivity index (χ1n) is 6.92. The molecule has 4 nitrogen and oxygen atoms in total. The second-order valence-corrected chi connectivity index (χ2v) is 4.84. The lowest BCUT2D eigenvalue weighted by atomic mass is 10.1. The Labute approximate surface area is 122 Å². The molecule has 0 radical (unpaired) electrons. The first-order valence-corrected chi connectivity index (χ1v) is 6.92. The third-order valence-corrected chi connectivity index (χ3v) is 3.36. The van der Waals surface area contributed by atoms with E-state index in [-0.39, 0.29) is 5.56 Å². The first-order chi connectivity index (χ1) is 10.2. The second-order valence-electron chi connectivity index (χ2n) is 4.84. The molecule has 106 valence electrons. The van der Waals surface area contributed by atoms with Gasteiger partial charge in [-0.3, -0.25) is 4.79 Å². The lowest BCUT2D eigenvalue weighted by Crippen LogP contribution is -2.09. The average molecular weight is 280 g/mol. The number of fused-ring (bicyclic) bond motifs is 1. The minimum absolute atomic E-state index is 0.123. The number of hydrogen-bond donors (Lipinski definition) is 1. The zero-order chi connectivity index (χ0) is 14.8. The topological polar surface area (TPSA) is 55.0 Å². The van der Waals surface area contributed by atoms with Gasteiger partial charge in [0.15, 0.2) is 0 Å². The molecule has 0 aliphatic rings. The van der Waals surface area contributed by atoms with Crippen LogP contribution in [0.2, 0.25) is 0 Å².